The topological polar surface area (TPSA) is 49.4 Å². The molecule has 0 aliphatic heterocycles. The van der Waals surface area contributed by atoms with Gasteiger partial charge in [0.05, 0.1) is 0 Å². The molecule has 0 saturated carbocycles. The summed E-state index contributed by atoms with van der Waals surface area (Å²) in [5.41, 5.74) is 0. The van der Waals surface area contributed by atoms with E-state index in [0.717, 1.165) is 0 Å². The lowest BCUT2D eigenvalue weighted by Gasteiger charge is -2.03. The number of alkyl halides is 1. The highest BCUT2D eigenvalue weighted by Crippen LogP contribution is 2.09. The maximum atomic E-state index is 11.3. The van der Waals surface area contributed by atoms with E-state index in [9.17, 15) is 12.8 Å². The molecule has 0 saturated heterocycles. The van der Waals surface area contributed by atoms with Gasteiger partial charge in [0.15, 0.2) is 0 Å². The first-order chi connectivity index (χ1) is 4.50. The summed E-state index contributed by atoms with van der Waals surface area (Å²) < 4.78 is 33.8. The molecule has 62 valence electrons. The van der Waals surface area contributed by atoms with Gasteiger partial charge in [-0.1, -0.05) is 0 Å². The molecule has 0 aromatic heterocycles. The Morgan fingerprint density at radius 1 is 1.60 bits per heavy atom. The molecule has 0 atom stereocenters. The standard InChI is InChI=1S/CH3Cl2FN2O2S2/c2-6(3)10(7,8)5-9-1-4/h5H,1H2. The SMILES string of the molecule is O=S(=O)(NSCF)N(Cl)Cl. The molecule has 4 nitrogen and oxygen atoms in total. The third kappa shape index (κ3) is 3.79. The van der Waals surface area contributed by atoms with Crippen molar-refractivity contribution in [1.29, 1.82) is 0 Å². The Labute approximate surface area is 72.2 Å². The summed E-state index contributed by atoms with van der Waals surface area (Å²) in [5, 5.41) is 0. The van der Waals surface area contributed by atoms with Crippen LogP contribution >= 0.6 is 35.5 Å². The van der Waals surface area contributed by atoms with Crippen molar-refractivity contribution in [2.75, 3.05) is 6.01 Å². The zero-order chi connectivity index (χ0) is 8.20. The van der Waals surface area contributed by atoms with Crippen LogP contribution in [0.1, 0.15) is 0 Å². The molecule has 0 aliphatic carbocycles. The third-order valence-electron chi connectivity index (χ3n) is 0.400. The fourth-order valence-corrected chi connectivity index (χ4v) is 1.63. The largest absolute Gasteiger partial charge is 0.316 e. The maximum absolute atomic E-state index is 11.3. The van der Waals surface area contributed by atoms with Crippen molar-refractivity contribution in [3.05, 3.63) is 0 Å². The number of hydrogen-bond donors (Lipinski definition) is 1. The maximum Gasteiger partial charge on any atom is 0.316 e. The lowest BCUT2D eigenvalue weighted by atomic mass is 11.8. The molecule has 10 heavy (non-hydrogen) atoms. The van der Waals surface area contributed by atoms with Gasteiger partial charge in [0.25, 0.3) is 0 Å². The van der Waals surface area contributed by atoms with Crippen molar-refractivity contribution in [2.24, 2.45) is 0 Å². The van der Waals surface area contributed by atoms with E-state index in [1.807, 2.05) is 0 Å². The zero-order valence-corrected chi connectivity index (χ0v) is 7.57. The normalized spacial score (nSPS) is 12.4. The molecule has 0 bridgehead atoms. The Kier molecular flexibility index (Phi) is 4.91. The Morgan fingerprint density at radius 2 is 2.10 bits per heavy atom. The van der Waals surface area contributed by atoms with Crippen LogP contribution in [0.25, 0.3) is 0 Å². The Balaban J connectivity index is 3.90. The first-order valence-electron chi connectivity index (χ1n) is 1.82. The van der Waals surface area contributed by atoms with Gasteiger partial charge in [-0.25, -0.2) is 4.39 Å². The Morgan fingerprint density at radius 3 is 2.40 bits per heavy atom. The van der Waals surface area contributed by atoms with Gasteiger partial charge >= 0.3 is 10.2 Å². The molecule has 0 fully saturated rings. The fourth-order valence-electron chi connectivity index (χ4n) is 0.125. The minimum Gasteiger partial charge on any atom is -0.238 e. The van der Waals surface area contributed by atoms with Crippen LogP contribution in [0.15, 0.2) is 0 Å². The van der Waals surface area contributed by atoms with Crippen molar-refractivity contribution in [3.8, 4) is 0 Å². The van der Waals surface area contributed by atoms with Crippen LogP contribution in [0.5, 0.6) is 0 Å². The average Bonchev–Trinajstić information content (AvgIpc) is 1.84. The van der Waals surface area contributed by atoms with E-state index in [0.29, 0.717) is 11.9 Å². The molecule has 0 rings (SSSR count). The van der Waals surface area contributed by atoms with E-state index in [1.54, 1.807) is 4.13 Å². The lowest BCUT2D eigenvalue weighted by Crippen LogP contribution is -2.24. The van der Waals surface area contributed by atoms with Crippen molar-refractivity contribution in [3.63, 3.8) is 0 Å². The van der Waals surface area contributed by atoms with Crippen LogP contribution in [0.2, 0.25) is 0 Å². The number of nitrogens with zero attached hydrogens (tertiary/aromatic N) is 1. The molecular formula is CH3Cl2FN2O2S2. The molecule has 0 aromatic rings. The smallest absolute Gasteiger partial charge is 0.238 e. The predicted molar refractivity (Wildman–Crippen MR) is 39.2 cm³/mol. The Hall–Kier alpha value is 0.730. The van der Waals surface area contributed by atoms with Crippen molar-refractivity contribution in [2.45, 2.75) is 0 Å². The van der Waals surface area contributed by atoms with Crippen LogP contribution < -0.4 is 4.13 Å². The van der Waals surface area contributed by atoms with Gasteiger partial charge in [0.1, 0.15) is 6.01 Å². The first kappa shape index (κ1) is 10.7. The number of hydrogen-bond acceptors (Lipinski definition) is 3. The van der Waals surface area contributed by atoms with Gasteiger partial charge in [-0.15, -0.1) is 4.13 Å². The third-order valence-corrected chi connectivity index (χ3v) is 3.28. The summed E-state index contributed by atoms with van der Waals surface area (Å²) in [6.45, 7) is 0. The molecule has 0 unspecified atom stereocenters. The second-order valence-corrected chi connectivity index (χ2v) is 4.75. The lowest BCUT2D eigenvalue weighted by molar-refractivity contribution is 0.575. The van der Waals surface area contributed by atoms with Crippen molar-refractivity contribution < 1.29 is 12.8 Å². The fraction of sp³-hybridized carbons (Fsp3) is 1.00. The minimum absolute atomic E-state index is 0.0876. The summed E-state index contributed by atoms with van der Waals surface area (Å²) in [4.78, 5) is 0. The molecule has 0 spiro atoms. The summed E-state index contributed by atoms with van der Waals surface area (Å²) >= 11 is 9.96. The molecular weight excluding hydrogens is 226 g/mol. The zero-order valence-electron chi connectivity index (χ0n) is 4.42. The molecule has 0 aliphatic rings. The van der Waals surface area contributed by atoms with E-state index in [2.05, 4.69) is 0 Å². The monoisotopic (exact) mass is 228 g/mol. The van der Waals surface area contributed by atoms with Crippen LogP contribution in [-0.2, 0) is 10.2 Å². The average molecular weight is 229 g/mol. The summed E-state index contributed by atoms with van der Waals surface area (Å²) in [6, 6.07) is -0.888. The van der Waals surface area contributed by atoms with Crippen molar-refractivity contribution >= 4 is 45.7 Å². The molecule has 0 amide bonds. The van der Waals surface area contributed by atoms with Crippen molar-refractivity contribution in [1.82, 2.24) is 7.47 Å². The first-order valence-corrected chi connectivity index (χ1v) is 4.92. The molecule has 0 radical (unpaired) electrons. The number of nitrogens with one attached hydrogen (secondary N) is 1. The van der Waals surface area contributed by atoms with E-state index in [1.165, 1.54) is 0 Å². The van der Waals surface area contributed by atoms with Crippen LogP contribution in [0.4, 0.5) is 4.39 Å². The second kappa shape index (κ2) is 4.58. The molecule has 9 heteroatoms. The van der Waals surface area contributed by atoms with E-state index in [4.69, 9.17) is 23.6 Å². The van der Waals surface area contributed by atoms with Gasteiger partial charge < -0.3 is 0 Å². The molecule has 0 aromatic carbocycles. The van der Waals surface area contributed by atoms with Crippen LogP contribution in [-0.4, -0.2) is 17.8 Å². The summed E-state index contributed by atoms with van der Waals surface area (Å²) in [5.74, 6) is 0. The highest BCUT2D eigenvalue weighted by molar-refractivity contribution is 8.08. The summed E-state index contributed by atoms with van der Waals surface area (Å²) in [6.07, 6.45) is 0. The predicted octanol–water partition coefficient (Wildman–Crippen LogP) is 1.01. The number of halogens is 3. The van der Waals surface area contributed by atoms with Gasteiger partial charge in [0.2, 0.25) is 0 Å². The number of rotatable bonds is 4. The molecule has 0 heterocycles. The van der Waals surface area contributed by atoms with Gasteiger partial charge in [-0.05, 0) is 15.3 Å². The van der Waals surface area contributed by atoms with E-state index >= 15 is 0 Å². The van der Waals surface area contributed by atoms with E-state index in [-0.39, 0.29) is 3.34 Å². The highest BCUT2D eigenvalue weighted by Gasteiger charge is 2.16. The summed E-state index contributed by atoms with van der Waals surface area (Å²) in [7, 11) is -3.92. The quantitative estimate of drug-likeness (QED) is 0.578. The van der Waals surface area contributed by atoms with Gasteiger partial charge in [-0.3, -0.25) is 0 Å². The van der Waals surface area contributed by atoms with Gasteiger partial charge in [0, 0.05) is 23.6 Å². The Bertz CT molecular complexity index is 182. The van der Waals surface area contributed by atoms with Gasteiger partial charge in [-0.2, -0.15) is 8.42 Å². The van der Waals surface area contributed by atoms with E-state index < -0.39 is 16.2 Å². The van der Waals surface area contributed by atoms with Crippen LogP contribution in [0.3, 0.4) is 0 Å². The minimum atomic E-state index is -3.92. The molecule has 1 N–H and O–H groups in total. The second-order valence-electron chi connectivity index (χ2n) is 1.01. The highest BCUT2D eigenvalue weighted by atomic mass is 35.5. The van der Waals surface area contributed by atoms with Crippen LogP contribution in [0, 0.1) is 0 Å².